The molecule has 35 heavy (non-hydrogen) atoms. The first-order valence-electron chi connectivity index (χ1n) is 11.1. The highest BCUT2D eigenvalue weighted by atomic mass is 32.2. The second-order valence-electron chi connectivity index (χ2n) is 8.05. The molecule has 184 valence electrons. The summed E-state index contributed by atoms with van der Waals surface area (Å²) in [6.45, 7) is 3.81. The van der Waals surface area contributed by atoms with Crippen LogP contribution in [0.15, 0.2) is 35.0 Å². The topological polar surface area (TPSA) is 154 Å². The van der Waals surface area contributed by atoms with E-state index in [0.29, 0.717) is 36.4 Å². The minimum absolute atomic E-state index is 0.0494. The van der Waals surface area contributed by atoms with Crippen LogP contribution < -0.4 is 9.46 Å². The van der Waals surface area contributed by atoms with Crippen molar-refractivity contribution in [1.82, 2.24) is 35.0 Å². The average molecular weight is 499 g/mol. The molecule has 0 spiro atoms. The van der Waals surface area contributed by atoms with Crippen molar-refractivity contribution < 1.29 is 22.7 Å². The number of rotatable bonds is 8. The molecule has 0 bridgehead atoms. The third-order valence-electron chi connectivity index (χ3n) is 5.76. The number of methoxy groups -OCH3 is 1. The number of pyridine rings is 1. The molecule has 0 saturated carbocycles. The maximum atomic E-state index is 11.0. The van der Waals surface area contributed by atoms with Gasteiger partial charge in [-0.2, -0.15) is 5.10 Å². The highest BCUT2D eigenvalue weighted by molar-refractivity contribution is 7.77. The minimum atomic E-state index is -2.41. The van der Waals surface area contributed by atoms with Crippen LogP contribution in [0, 0.1) is 0 Å². The van der Waals surface area contributed by atoms with Gasteiger partial charge in [-0.1, -0.05) is 0 Å². The fourth-order valence-corrected chi connectivity index (χ4v) is 4.34. The fraction of sp³-hybridized carbons (Fsp3) is 0.364. The predicted octanol–water partition coefficient (Wildman–Crippen LogP) is 1.79. The molecule has 1 aromatic carbocycles. The normalized spacial score (nSPS) is 15.8. The maximum Gasteiger partial charge on any atom is 0.248 e. The van der Waals surface area contributed by atoms with E-state index in [0.717, 1.165) is 53.7 Å². The van der Waals surface area contributed by atoms with E-state index in [2.05, 4.69) is 35.0 Å². The summed E-state index contributed by atoms with van der Waals surface area (Å²) in [6.07, 6.45) is 4.35. The zero-order chi connectivity index (χ0) is 24.2. The first kappa shape index (κ1) is 23.5. The maximum absolute atomic E-state index is 11.0. The number of aromatic nitrogens is 5. The Morgan fingerprint density at radius 3 is 2.97 bits per heavy atom. The zero-order valence-corrected chi connectivity index (χ0v) is 19.8. The third-order valence-corrected chi connectivity index (χ3v) is 6.14. The van der Waals surface area contributed by atoms with Gasteiger partial charge >= 0.3 is 0 Å². The number of aromatic amines is 1. The molecule has 13 heteroatoms. The molecular formula is C22H24N7O5S-. The van der Waals surface area contributed by atoms with E-state index >= 15 is 0 Å². The van der Waals surface area contributed by atoms with Crippen LogP contribution in [0.2, 0.25) is 0 Å². The summed E-state index contributed by atoms with van der Waals surface area (Å²) in [7, 11) is 1.49. The van der Waals surface area contributed by atoms with Crippen LogP contribution in [0.4, 0.5) is 0 Å². The molecule has 0 aliphatic carbocycles. The first-order valence-corrected chi connectivity index (χ1v) is 12.1. The Morgan fingerprint density at radius 1 is 1.20 bits per heavy atom. The number of benzene rings is 1. The van der Waals surface area contributed by atoms with Crippen LogP contribution in [-0.2, 0) is 29.1 Å². The summed E-state index contributed by atoms with van der Waals surface area (Å²) < 4.78 is 41.1. The standard InChI is InChI=1S/C22H25N7O5S/c1-32-21-16(11-25-35(30)31)7-15(10-23-21)14-8-17(18-12-24-26-19(18)9-14)22-28-27-20(34-22)13-29-3-2-5-33-6-4-29/h7-10,12,25H,2-6,11,13H2,1H3,(H,24,26)(H,30,31)/p-1. The van der Waals surface area contributed by atoms with E-state index in [4.69, 9.17) is 13.9 Å². The van der Waals surface area contributed by atoms with Crippen LogP contribution in [0.3, 0.4) is 0 Å². The molecule has 12 nitrogen and oxygen atoms in total. The Kier molecular flexibility index (Phi) is 7.11. The van der Waals surface area contributed by atoms with Crippen molar-refractivity contribution in [1.29, 1.82) is 0 Å². The summed E-state index contributed by atoms with van der Waals surface area (Å²) in [4.78, 5) is 6.58. The molecule has 0 radical (unpaired) electrons. The van der Waals surface area contributed by atoms with Gasteiger partial charge < -0.3 is 18.4 Å². The molecule has 1 saturated heterocycles. The quantitative estimate of drug-likeness (QED) is 0.344. The highest BCUT2D eigenvalue weighted by Gasteiger charge is 2.18. The summed E-state index contributed by atoms with van der Waals surface area (Å²) in [5, 5.41) is 16.6. The highest BCUT2D eigenvalue weighted by Crippen LogP contribution is 2.34. The summed E-state index contributed by atoms with van der Waals surface area (Å²) in [5.41, 5.74) is 3.71. The van der Waals surface area contributed by atoms with E-state index in [1.807, 2.05) is 18.2 Å². The second kappa shape index (κ2) is 10.6. The van der Waals surface area contributed by atoms with Gasteiger partial charge in [0, 0.05) is 60.2 Å². The van der Waals surface area contributed by atoms with E-state index in [1.165, 1.54) is 7.11 Å². The monoisotopic (exact) mass is 498 g/mol. The molecule has 1 fully saturated rings. The van der Waals surface area contributed by atoms with Crippen LogP contribution in [0.25, 0.3) is 33.5 Å². The fourth-order valence-electron chi connectivity index (χ4n) is 4.07. The minimum Gasteiger partial charge on any atom is -0.760 e. The molecule has 1 atom stereocenters. The molecule has 2 N–H and O–H groups in total. The van der Waals surface area contributed by atoms with Crippen LogP contribution in [0.1, 0.15) is 17.9 Å². The number of fused-ring (bicyclic) bond motifs is 1. The number of H-pyrrole nitrogens is 1. The van der Waals surface area contributed by atoms with Gasteiger partial charge in [0.05, 0.1) is 37.5 Å². The van der Waals surface area contributed by atoms with Crippen LogP contribution in [-0.4, -0.2) is 72.5 Å². The van der Waals surface area contributed by atoms with Crippen LogP contribution >= 0.6 is 0 Å². The molecule has 1 aliphatic rings. The second-order valence-corrected chi connectivity index (χ2v) is 8.80. The van der Waals surface area contributed by atoms with Crippen molar-refractivity contribution in [3.05, 3.63) is 42.0 Å². The lowest BCUT2D eigenvalue weighted by molar-refractivity contribution is 0.138. The molecule has 5 rings (SSSR count). The van der Waals surface area contributed by atoms with Gasteiger partial charge in [-0.15, -0.1) is 10.2 Å². The Balaban J connectivity index is 1.48. The van der Waals surface area contributed by atoms with Gasteiger partial charge in [0.1, 0.15) is 0 Å². The van der Waals surface area contributed by atoms with Gasteiger partial charge in [0.25, 0.3) is 0 Å². The van der Waals surface area contributed by atoms with Crippen molar-refractivity contribution in [2.24, 2.45) is 0 Å². The largest absolute Gasteiger partial charge is 0.760 e. The molecule has 1 unspecified atom stereocenters. The van der Waals surface area contributed by atoms with E-state index in [9.17, 15) is 8.76 Å². The van der Waals surface area contributed by atoms with E-state index < -0.39 is 11.3 Å². The Morgan fingerprint density at radius 2 is 2.11 bits per heavy atom. The Bertz CT molecular complexity index is 1330. The van der Waals surface area contributed by atoms with E-state index in [1.54, 1.807) is 12.4 Å². The summed E-state index contributed by atoms with van der Waals surface area (Å²) >= 11 is -2.41. The van der Waals surface area contributed by atoms with Gasteiger partial charge in [-0.3, -0.25) is 14.2 Å². The third kappa shape index (κ3) is 5.39. The molecular weight excluding hydrogens is 474 g/mol. The summed E-state index contributed by atoms with van der Waals surface area (Å²) in [5.74, 6) is 1.27. The molecule has 1 aliphatic heterocycles. The smallest absolute Gasteiger partial charge is 0.248 e. The summed E-state index contributed by atoms with van der Waals surface area (Å²) in [6, 6.07) is 5.70. The van der Waals surface area contributed by atoms with Crippen molar-refractivity contribution in [2.75, 3.05) is 33.4 Å². The van der Waals surface area contributed by atoms with Crippen molar-refractivity contribution in [3.8, 4) is 28.5 Å². The Labute approximate surface area is 203 Å². The van der Waals surface area contributed by atoms with Crippen LogP contribution in [0.5, 0.6) is 5.88 Å². The average Bonchev–Trinajstić information content (AvgIpc) is 3.46. The van der Waals surface area contributed by atoms with Gasteiger partial charge in [0.15, 0.2) is 0 Å². The lowest BCUT2D eigenvalue weighted by atomic mass is 10.0. The number of hydrogen-bond donors (Lipinski definition) is 2. The number of hydrogen-bond acceptors (Lipinski definition) is 10. The molecule has 0 amide bonds. The number of nitrogens with zero attached hydrogens (tertiary/aromatic N) is 5. The SMILES string of the molecule is COc1ncc(-c2cc(-c3nnc(CN4CCCOCC4)o3)c3cn[nH]c3c2)cc1CNS(=O)[O-]. The van der Waals surface area contributed by atoms with Crippen molar-refractivity contribution in [3.63, 3.8) is 0 Å². The van der Waals surface area contributed by atoms with Crippen molar-refractivity contribution >= 4 is 22.2 Å². The van der Waals surface area contributed by atoms with Gasteiger partial charge in [-0.25, -0.2) is 9.71 Å². The lowest BCUT2D eigenvalue weighted by Gasteiger charge is -2.15. The van der Waals surface area contributed by atoms with Gasteiger partial charge in [-0.05, 0) is 30.2 Å². The molecule has 4 heterocycles. The Hall–Kier alpha value is -3.23. The predicted molar refractivity (Wildman–Crippen MR) is 126 cm³/mol. The van der Waals surface area contributed by atoms with Crippen molar-refractivity contribution in [2.45, 2.75) is 19.5 Å². The van der Waals surface area contributed by atoms with Gasteiger partial charge in [0.2, 0.25) is 17.7 Å². The molecule has 4 aromatic rings. The zero-order valence-electron chi connectivity index (χ0n) is 19.0. The lowest BCUT2D eigenvalue weighted by Crippen LogP contribution is -2.25. The van der Waals surface area contributed by atoms with E-state index in [-0.39, 0.29) is 6.54 Å². The first-order chi connectivity index (χ1) is 17.1. The number of nitrogens with one attached hydrogen (secondary N) is 2. The molecule has 3 aromatic heterocycles. The number of ether oxygens (including phenoxy) is 2.